The summed E-state index contributed by atoms with van der Waals surface area (Å²) in [6.07, 6.45) is 3.36. The van der Waals surface area contributed by atoms with Gasteiger partial charge >= 0.3 is 0 Å². The molecular formula is C14H18FN3. The molecule has 0 amide bonds. The summed E-state index contributed by atoms with van der Waals surface area (Å²) in [5.41, 5.74) is 7.96. The monoisotopic (exact) mass is 247 g/mol. The second-order valence-electron chi connectivity index (χ2n) is 5.12. The lowest BCUT2D eigenvalue weighted by Gasteiger charge is -2.13. The number of nitrogens with two attached hydrogens (primary N) is 1. The number of hydrogen-bond acceptors (Lipinski definition) is 2. The third-order valence-electron chi connectivity index (χ3n) is 3.62. The van der Waals surface area contributed by atoms with Crippen molar-refractivity contribution < 1.29 is 4.39 Å². The van der Waals surface area contributed by atoms with Crippen molar-refractivity contribution in [1.82, 2.24) is 9.55 Å². The number of hydrogen-bond donors (Lipinski definition) is 1. The van der Waals surface area contributed by atoms with Crippen molar-refractivity contribution in [2.45, 2.75) is 38.8 Å². The van der Waals surface area contributed by atoms with Gasteiger partial charge in [0.2, 0.25) is 0 Å². The molecule has 1 aromatic carbocycles. The van der Waals surface area contributed by atoms with Gasteiger partial charge in [0.05, 0.1) is 17.1 Å². The minimum absolute atomic E-state index is 0.00740. The summed E-state index contributed by atoms with van der Waals surface area (Å²) in [5, 5.41) is 0. The number of imidazole rings is 1. The van der Waals surface area contributed by atoms with Crippen LogP contribution in [0.2, 0.25) is 0 Å². The highest BCUT2D eigenvalue weighted by Gasteiger charge is 2.32. The maximum Gasteiger partial charge on any atom is 0.127 e. The van der Waals surface area contributed by atoms with Crippen molar-refractivity contribution in [1.29, 1.82) is 0 Å². The number of fused-ring (bicyclic) bond motifs is 1. The molecule has 1 aromatic heterocycles. The van der Waals surface area contributed by atoms with E-state index in [9.17, 15) is 4.39 Å². The predicted molar refractivity (Wildman–Crippen MR) is 69.6 cm³/mol. The Hall–Kier alpha value is -1.42. The van der Waals surface area contributed by atoms with Gasteiger partial charge in [-0.25, -0.2) is 9.37 Å². The van der Waals surface area contributed by atoms with Gasteiger partial charge in [0.1, 0.15) is 11.6 Å². The highest BCUT2D eigenvalue weighted by Crippen LogP contribution is 2.39. The number of aromatic nitrogens is 2. The van der Waals surface area contributed by atoms with Gasteiger partial charge in [0, 0.05) is 6.54 Å². The summed E-state index contributed by atoms with van der Waals surface area (Å²) in [4.78, 5) is 4.60. The van der Waals surface area contributed by atoms with Crippen molar-refractivity contribution in [3.05, 3.63) is 29.8 Å². The van der Waals surface area contributed by atoms with E-state index >= 15 is 0 Å². The van der Waals surface area contributed by atoms with Crippen LogP contribution in [-0.4, -0.2) is 9.55 Å². The lowest BCUT2D eigenvalue weighted by atomic mass is 10.2. The van der Waals surface area contributed by atoms with Crippen molar-refractivity contribution in [2.75, 3.05) is 0 Å². The molecule has 3 rings (SSSR count). The molecule has 3 nitrogen and oxygen atoms in total. The normalized spacial score (nSPS) is 17.3. The predicted octanol–water partition coefficient (Wildman–Crippen LogP) is 3.00. The van der Waals surface area contributed by atoms with Gasteiger partial charge in [0.15, 0.2) is 0 Å². The Morgan fingerprint density at radius 1 is 1.50 bits per heavy atom. The first-order chi connectivity index (χ1) is 8.70. The molecular weight excluding hydrogens is 229 g/mol. The summed E-state index contributed by atoms with van der Waals surface area (Å²) < 4.78 is 15.5. The van der Waals surface area contributed by atoms with E-state index in [1.807, 2.05) is 0 Å². The number of benzene rings is 1. The summed E-state index contributed by atoms with van der Waals surface area (Å²) in [6, 6.07) is 4.74. The molecule has 0 bridgehead atoms. The zero-order valence-corrected chi connectivity index (χ0v) is 10.6. The first kappa shape index (κ1) is 11.7. The zero-order valence-electron chi connectivity index (χ0n) is 10.6. The van der Waals surface area contributed by atoms with E-state index in [-0.39, 0.29) is 11.9 Å². The minimum Gasteiger partial charge on any atom is -0.327 e. The quantitative estimate of drug-likeness (QED) is 0.902. The van der Waals surface area contributed by atoms with Gasteiger partial charge in [-0.15, -0.1) is 0 Å². The van der Waals surface area contributed by atoms with Crippen LogP contribution in [0.25, 0.3) is 11.0 Å². The lowest BCUT2D eigenvalue weighted by molar-refractivity contribution is 0.542. The van der Waals surface area contributed by atoms with Gasteiger partial charge in [-0.2, -0.15) is 0 Å². The standard InChI is InChI=1S/C14H18FN3/c1-2-7-18-12-8-10(15)5-6-11(12)17-14(18)13(16)9-3-4-9/h5-6,8-9,13H,2-4,7,16H2,1H3. The number of nitrogens with zero attached hydrogens (tertiary/aromatic N) is 2. The van der Waals surface area contributed by atoms with E-state index in [2.05, 4.69) is 16.5 Å². The molecule has 1 unspecified atom stereocenters. The van der Waals surface area contributed by atoms with Crippen LogP contribution in [0, 0.1) is 11.7 Å². The van der Waals surface area contributed by atoms with Crippen LogP contribution in [0.1, 0.15) is 38.1 Å². The first-order valence-electron chi connectivity index (χ1n) is 6.62. The summed E-state index contributed by atoms with van der Waals surface area (Å²) >= 11 is 0. The third kappa shape index (κ3) is 1.90. The van der Waals surface area contributed by atoms with E-state index in [0.29, 0.717) is 5.92 Å². The van der Waals surface area contributed by atoms with Crippen molar-refractivity contribution in [3.63, 3.8) is 0 Å². The molecule has 1 heterocycles. The fraction of sp³-hybridized carbons (Fsp3) is 0.500. The molecule has 4 heteroatoms. The van der Waals surface area contributed by atoms with E-state index in [1.54, 1.807) is 12.1 Å². The van der Waals surface area contributed by atoms with Crippen molar-refractivity contribution in [2.24, 2.45) is 11.7 Å². The Kier molecular flexibility index (Phi) is 2.82. The highest BCUT2D eigenvalue weighted by molar-refractivity contribution is 5.76. The third-order valence-corrected chi connectivity index (χ3v) is 3.62. The number of halogens is 1. The summed E-state index contributed by atoms with van der Waals surface area (Å²) in [7, 11) is 0. The van der Waals surface area contributed by atoms with Crippen LogP contribution in [-0.2, 0) is 6.54 Å². The molecule has 0 radical (unpaired) electrons. The average Bonchev–Trinajstić information content (AvgIpc) is 3.14. The second-order valence-corrected chi connectivity index (χ2v) is 5.12. The fourth-order valence-electron chi connectivity index (χ4n) is 2.49. The molecule has 2 aromatic rings. The fourth-order valence-corrected chi connectivity index (χ4v) is 2.49. The lowest BCUT2D eigenvalue weighted by Crippen LogP contribution is -2.18. The van der Waals surface area contributed by atoms with Gasteiger partial charge < -0.3 is 10.3 Å². The van der Waals surface area contributed by atoms with Crippen LogP contribution in [0.4, 0.5) is 4.39 Å². The second kappa shape index (κ2) is 4.35. The van der Waals surface area contributed by atoms with Crippen LogP contribution >= 0.6 is 0 Å². The van der Waals surface area contributed by atoms with Crippen LogP contribution < -0.4 is 5.73 Å². The molecule has 1 aliphatic carbocycles. The minimum atomic E-state index is -0.216. The van der Waals surface area contributed by atoms with Gasteiger partial charge in [0.25, 0.3) is 0 Å². The highest BCUT2D eigenvalue weighted by atomic mass is 19.1. The molecule has 1 fully saturated rings. The van der Waals surface area contributed by atoms with Crippen LogP contribution in [0.3, 0.4) is 0 Å². The van der Waals surface area contributed by atoms with E-state index < -0.39 is 0 Å². The van der Waals surface area contributed by atoms with E-state index in [0.717, 1.165) is 29.8 Å². The summed E-state index contributed by atoms with van der Waals surface area (Å²) in [6.45, 7) is 2.95. The molecule has 2 N–H and O–H groups in total. The average molecular weight is 247 g/mol. The largest absolute Gasteiger partial charge is 0.327 e. The molecule has 1 saturated carbocycles. The van der Waals surface area contributed by atoms with Gasteiger partial charge in [-0.3, -0.25) is 0 Å². The Labute approximate surface area is 106 Å². The topological polar surface area (TPSA) is 43.8 Å². The van der Waals surface area contributed by atoms with Crippen molar-refractivity contribution in [3.8, 4) is 0 Å². The molecule has 0 aliphatic heterocycles. The van der Waals surface area contributed by atoms with E-state index in [1.165, 1.54) is 18.9 Å². The summed E-state index contributed by atoms with van der Waals surface area (Å²) in [5.74, 6) is 1.26. The van der Waals surface area contributed by atoms with E-state index in [4.69, 9.17) is 5.73 Å². The maximum absolute atomic E-state index is 13.4. The SMILES string of the molecule is CCCn1c(C(N)C2CC2)nc2ccc(F)cc21. The maximum atomic E-state index is 13.4. The van der Waals surface area contributed by atoms with Gasteiger partial charge in [-0.1, -0.05) is 6.92 Å². The number of rotatable bonds is 4. The Morgan fingerprint density at radius 2 is 2.28 bits per heavy atom. The van der Waals surface area contributed by atoms with Crippen molar-refractivity contribution >= 4 is 11.0 Å². The number of aryl methyl sites for hydroxylation is 1. The van der Waals surface area contributed by atoms with Crippen LogP contribution in [0.5, 0.6) is 0 Å². The molecule has 0 spiro atoms. The Balaban J connectivity index is 2.13. The molecule has 96 valence electrons. The van der Waals surface area contributed by atoms with Gasteiger partial charge in [-0.05, 0) is 43.4 Å². The zero-order chi connectivity index (χ0) is 12.7. The Morgan fingerprint density at radius 3 is 2.94 bits per heavy atom. The smallest absolute Gasteiger partial charge is 0.127 e. The van der Waals surface area contributed by atoms with Crippen LogP contribution in [0.15, 0.2) is 18.2 Å². The molecule has 0 saturated heterocycles. The first-order valence-corrected chi connectivity index (χ1v) is 6.62. The molecule has 1 atom stereocenters. The molecule has 1 aliphatic rings. The molecule has 18 heavy (non-hydrogen) atoms. The Bertz CT molecular complexity index is 572.